The van der Waals surface area contributed by atoms with Crippen LogP contribution in [0.25, 0.3) is 0 Å². The van der Waals surface area contributed by atoms with Crippen molar-refractivity contribution in [3.05, 3.63) is 0 Å². The van der Waals surface area contributed by atoms with E-state index in [4.69, 9.17) is 0 Å². The fourth-order valence-corrected chi connectivity index (χ4v) is 3.58. The van der Waals surface area contributed by atoms with Crippen molar-refractivity contribution in [3.8, 4) is 0 Å². The van der Waals surface area contributed by atoms with Gasteiger partial charge in [0.1, 0.15) is 0 Å². The lowest BCUT2D eigenvalue weighted by Gasteiger charge is -2.33. The zero-order valence-electron chi connectivity index (χ0n) is 12.7. The first-order chi connectivity index (χ1) is 8.07. The molecule has 0 aromatic rings. The summed E-state index contributed by atoms with van der Waals surface area (Å²) in [5.41, 5.74) is 0.734. The molecule has 102 valence electrons. The lowest BCUT2D eigenvalue weighted by atomic mass is 9.72. The smallest absolute Gasteiger partial charge is 0.0274 e. The molecule has 0 heterocycles. The Balaban J connectivity index is 2.12. The Morgan fingerprint density at radius 1 is 0.824 bits per heavy atom. The first kappa shape index (κ1) is 15.1. The van der Waals surface area contributed by atoms with Crippen LogP contribution < -0.4 is 0 Å². The van der Waals surface area contributed by atoms with Gasteiger partial charge in [-0.1, -0.05) is 72.6 Å². The van der Waals surface area contributed by atoms with Crippen molar-refractivity contribution in [3.63, 3.8) is 0 Å². The van der Waals surface area contributed by atoms with Gasteiger partial charge in [0.05, 0.1) is 0 Å². The van der Waals surface area contributed by atoms with Gasteiger partial charge in [-0.2, -0.15) is 0 Å². The largest absolute Gasteiger partial charge is 0.0628 e. The number of hydrogen-bond donors (Lipinski definition) is 0. The van der Waals surface area contributed by atoms with Gasteiger partial charge < -0.3 is 0 Å². The molecule has 0 aromatic carbocycles. The molecule has 0 aromatic heterocycles. The minimum absolute atomic E-state index is 0.734. The molecule has 17 heavy (non-hydrogen) atoms. The maximum absolute atomic E-state index is 2.45. The molecule has 1 rings (SSSR count). The number of unbranched alkanes of at least 4 members (excludes halogenated alkanes) is 3. The highest BCUT2D eigenvalue weighted by molar-refractivity contribution is 4.87. The van der Waals surface area contributed by atoms with E-state index in [1.54, 1.807) is 0 Å². The molecule has 1 fully saturated rings. The highest BCUT2D eigenvalue weighted by Gasteiger charge is 2.35. The lowest BCUT2D eigenvalue weighted by Crippen LogP contribution is -2.23. The van der Waals surface area contributed by atoms with Gasteiger partial charge in [0.2, 0.25) is 0 Å². The Morgan fingerprint density at radius 3 is 1.94 bits per heavy atom. The van der Waals surface area contributed by atoms with Crippen LogP contribution in [0.15, 0.2) is 0 Å². The van der Waals surface area contributed by atoms with Crippen molar-refractivity contribution >= 4 is 0 Å². The molecule has 0 nitrogen and oxygen atoms in total. The predicted octanol–water partition coefficient (Wildman–Crippen LogP) is 6.20. The summed E-state index contributed by atoms with van der Waals surface area (Å²) in [4.78, 5) is 0. The van der Waals surface area contributed by atoms with E-state index in [1.807, 2.05) is 0 Å². The number of rotatable bonds is 8. The van der Waals surface area contributed by atoms with Crippen LogP contribution in [0.2, 0.25) is 0 Å². The average molecular weight is 238 g/mol. The van der Waals surface area contributed by atoms with E-state index in [1.165, 1.54) is 64.2 Å². The minimum Gasteiger partial charge on any atom is -0.0628 e. The molecular weight excluding hydrogens is 204 g/mol. The Morgan fingerprint density at radius 2 is 1.41 bits per heavy atom. The van der Waals surface area contributed by atoms with Crippen molar-refractivity contribution in [1.29, 1.82) is 0 Å². The normalized spacial score (nSPS) is 19.4. The van der Waals surface area contributed by atoms with Gasteiger partial charge in [0.25, 0.3) is 0 Å². The standard InChI is InChI=1S/C17H34/c1-15(2)11-7-5-6-8-12-17(16(3)4)13-9-10-14-17/h15-16H,5-14H2,1-4H3. The molecule has 0 heteroatoms. The first-order valence-corrected chi connectivity index (χ1v) is 8.07. The third-order valence-electron chi connectivity index (χ3n) is 5.03. The van der Waals surface area contributed by atoms with Crippen LogP contribution in [0.4, 0.5) is 0 Å². The third-order valence-corrected chi connectivity index (χ3v) is 5.03. The highest BCUT2D eigenvalue weighted by Crippen LogP contribution is 2.47. The molecule has 1 aliphatic rings. The Bertz CT molecular complexity index is 184. The summed E-state index contributed by atoms with van der Waals surface area (Å²) in [6.07, 6.45) is 14.8. The molecule has 1 saturated carbocycles. The van der Waals surface area contributed by atoms with Crippen molar-refractivity contribution in [2.24, 2.45) is 17.3 Å². The third kappa shape index (κ3) is 5.02. The van der Waals surface area contributed by atoms with Gasteiger partial charge in [-0.3, -0.25) is 0 Å². The summed E-state index contributed by atoms with van der Waals surface area (Å²) in [7, 11) is 0. The maximum atomic E-state index is 2.45. The van der Waals surface area contributed by atoms with Gasteiger partial charge in [-0.05, 0) is 36.5 Å². The quantitative estimate of drug-likeness (QED) is 0.442. The van der Waals surface area contributed by atoms with Gasteiger partial charge in [-0.25, -0.2) is 0 Å². The van der Waals surface area contributed by atoms with E-state index >= 15 is 0 Å². The maximum Gasteiger partial charge on any atom is -0.0274 e. The Labute approximate surface area is 110 Å². The van der Waals surface area contributed by atoms with Gasteiger partial charge in [0.15, 0.2) is 0 Å². The van der Waals surface area contributed by atoms with Gasteiger partial charge in [0, 0.05) is 0 Å². The molecule has 0 aliphatic heterocycles. The van der Waals surface area contributed by atoms with Crippen LogP contribution in [0, 0.1) is 17.3 Å². The topological polar surface area (TPSA) is 0 Å². The Hall–Kier alpha value is 0. The molecule has 0 N–H and O–H groups in total. The van der Waals surface area contributed by atoms with Crippen LogP contribution in [0.5, 0.6) is 0 Å². The van der Waals surface area contributed by atoms with E-state index in [2.05, 4.69) is 27.7 Å². The van der Waals surface area contributed by atoms with Crippen LogP contribution in [-0.4, -0.2) is 0 Å². The van der Waals surface area contributed by atoms with E-state index in [-0.39, 0.29) is 0 Å². The summed E-state index contributed by atoms with van der Waals surface area (Å²) >= 11 is 0. The van der Waals surface area contributed by atoms with Crippen molar-refractivity contribution in [2.75, 3.05) is 0 Å². The molecule has 0 unspecified atom stereocenters. The summed E-state index contributed by atoms with van der Waals surface area (Å²) in [6.45, 7) is 9.58. The Kier molecular flexibility index (Phi) is 6.59. The lowest BCUT2D eigenvalue weighted by molar-refractivity contribution is 0.172. The monoisotopic (exact) mass is 238 g/mol. The molecule has 0 atom stereocenters. The molecule has 1 aliphatic carbocycles. The summed E-state index contributed by atoms with van der Waals surface area (Å²) in [5.74, 6) is 1.80. The predicted molar refractivity (Wildman–Crippen MR) is 78.3 cm³/mol. The average Bonchev–Trinajstić information content (AvgIpc) is 2.72. The second kappa shape index (κ2) is 7.44. The van der Waals surface area contributed by atoms with E-state index in [0.29, 0.717) is 0 Å². The molecule has 0 spiro atoms. The second-order valence-corrected chi connectivity index (χ2v) is 7.07. The fourth-order valence-electron chi connectivity index (χ4n) is 3.58. The van der Waals surface area contributed by atoms with Crippen LogP contribution in [0.3, 0.4) is 0 Å². The molecule has 0 saturated heterocycles. The zero-order valence-corrected chi connectivity index (χ0v) is 12.7. The van der Waals surface area contributed by atoms with Crippen molar-refractivity contribution in [1.82, 2.24) is 0 Å². The SMILES string of the molecule is CC(C)CCCCCCC1(C(C)C)CCCC1. The van der Waals surface area contributed by atoms with Crippen LogP contribution >= 0.6 is 0 Å². The van der Waals surface area contributed by atoms with Gasteiger partial charge in [-0.15, -0.1) is 0 Å². The summed E-state index contributed by atoms with van der Waals surface area (Å²) < 4.78 is 0. The molecule has 0 amide bonds. The molecular formula is C17H34. The highest BCUT2D eigenvalue weighted by atomic mass is 14.4. The van der Waals surface area contributed by atoms with Crippen LogP contribution in [0.1, 0.15) is 91.9 Å². The number of hydrogen-bond acceptors (Lipinski definition) is 0. The van der Waals surface area contributed by atoms with E-state index in [0.717, 1.165) is 17.3 Å². The molecule has 0 bridgehead atoms. The molecule has 0 radical (unpaired) electrons. The summed E-state index contributed by atoms with van der Waals surface area (Å²) in [6, 6.07) is 0. The second-order valence-electron chi connectivity index (χ2n) is 7.07. The van der Waals surface area contributed by atoms with Crippen molar-refractivity contribution in [2.45, 2.75) is 91.9 Å². The minimum atomic E-state index is 0.734. The van der Waals surface area contributed by atoms with Gasteiger partial charge >= 0.3 is 0 Å². The first-order valence-electron chi connectivity index (χ1n) is 8.07. The van der Waals surface area contributed by atoms with E-state index < -0.39 is 0 Å². The van der Waals surface area contributed by atoms with Crippen molar-refractivity contribution < 1.29 is 0 Å². The fraction of sp³-hybridized carbons (Fsp3) is 1.00. The van der Waals surface area contributed by atoms with Crippen LogP contribution in [-0.2, 0) is 0 Å². The van der Waals surface area contributed by atoms with E-state index in [9.17, 15) is 0 Å². The zero-order chi connectivity index (χ0) is 12.7. The summed E-state index contributed by atoms with van der Waals surface area (Å²) in [5, 5.41) is 0.